The van der Waals surface area contributed by atoms with Crippen LogP contribution in [0.1, 0.15) is 24.0 Å². The molecule has 0 unspecified atom stereocenters. The van der Waals surface area contributed by atoms with E-state index in [-0.39, 0.29) is 11.6 Å². The van der Waals surface area contributed by atoms with Gasteiger partial charge in [-0.05, 0) is 13.3 Å². The molecular formula is C13H16F2N4S. The van der Waals surface area contributed by atoms with Gasteiger partial charge in [0.1, 0.15) is 0 Å². The average molecular weight is 298 g/mol. The van der Waals surface area contributed by atoms with E-state index in [1.165, 1.54) is 11.3 Å². The molecule has 0 saturated heterocycles. The van der Waals surface area contributed by atoms with Gasteiger partial charge in [0, 0.05) is 18.0 Å². The first kappa shape index (κ1) is 14.6. The van der Waals surface area contributed by atoms with Crippen molar-refractivity contribution >= 4 is 23.0 Å². The Balaban J connectivity index is 2.09. The number of aromatic nitrogens is 2. The van der Waals surface area contributed by atoms with Gasteiger partial charge in [0.25, 0.3) is 0 Å². The van der Waals surface area contributed by atoms with E-state index < -0.39 is 11.6 Å². The third-order valence-electron chi connectivity index (χ3n) is 2.58. The van der Waals surface area contributed by atoms with E-state index in [1.54, 1.807) is 0 Å². The van der Waals surface area contributed by atoms with Crippen LogP contribution in [0, 0.1) is 18.6 Å². The SMILES string of the molecule is CCCNc1nc(NCc2csc(C)n2)c(F)cc1F. The lowest BCUT2D eigenvalue weighted by molar-refractivity contribution is 0.577. The number of halogens is 2. The molecule has 2 rings (SSSR count). The van der Waals surface area contributed by atoms with Crippen molar-refractivity contribution < 1.29 is 8.78 Å². The molecule has 0 aliphatic rings. The number of nitrogens with one attached hydrogen (secondary N) is 2. The molecule has 0 amide bonds. The zero-order chi connectivity index (χ0) is 14.5. The summed E-state index contributed by atoms with van der Waals surface area (Å²) in [5.74, 6) is -1.32. The number of pyridine rings is 1. The van der Waals surface area contributed by atoms with Crippen LogP contribution in [0.3, 0.4) is 0 Å². The Kier molecular flexibility index (Phi) is 4.84. The Morgan fingerprint density at radius 2 is 1.85 bits per heavy atom. The van der Waals surface area contributed by atoms with Crippen molar-refractivity contribution in [3.8, 4) is 0 Å². The maximum Gasteiger partial charge on any atom is 0.168 e. The van der Waals surface area contributed by atoms with E-state index in [0.29, 0.717) is 13.1 Å². The minimum atomic E-state index is -0.712. The van der Waals surface area contributed by atoms with E-state index in [9.17, 15) is 8.78 Å². The smallest absolute Gasteiger partial charge is 0.168 e. The van der Waals surface area contributed by atoms with E-state index >= 15 is 0 Å². The Labute approximate surface area is 120 Å². The van der Waals surface area contributed by atoms with Gasteiger partial charge in [0.2, 0.25) is 0 Å². The number of aryl methyl sites for hydroxylation is 1. The number of nitrogens with zero attached hydrogens (tertiary/aromatic N) is 2. The molecule has 2 aromatic rings. The highest BCUT2D eigenvalue weighted by atomic mass is 32.1. The van der Waals surface area contributed by atoms with Crippen molar-refractivity contribution in [2.75, 3.05) is 17.2 Å². The van der Waals surface area contributed by atoms with Crippen LogP contribution in [-0.2, 0) is 6.54 Å². The van der Waals surface area contributed by atoms with Gasteiger partial charge in [0.05, 0.1) is 17.2 Å². The largest absolute Gasteiger partial charge is 0.368 e. The molecule has 7 heteroatoms. The van der Waals surface area contributed by atoms with E-state index in [1.807, 2.05) is 19.2 Å². The third kappa shape index (κ3) is 3.63. The van der Waals surface area contributed by atoms with Crippen LogP contribution in [-0.4, -0.2) is 16.5 Å². The van der Waals surface area contributed by atoms with E-state index in [0.717, 1.165) is 23.2 Å². The van der Waals surface area contributed by atoms with Gasteiger partial charge in [0.15, 0.2) is 23.3 Å². The standard InChI is InChI=1S/C13H16F2N4S/c1-3-4-16-12-10(14)5-11(15)13(19-12)17-6-9-7-20-8(2)18-9/h5,7H,3-4,6H2,1-2H3,(H2,16,17,19). The lowest BCUT2D eigenvalue weighted by Crippen LogP contribution is -2.09. The third-order valence-corrected chi connectivity index (χ3v) is 3.40. The van der Waals surface area contributed by atoms with Gasteiger partial charge in [-0.2, -0.15) is 0 Å². The summed E-state index contributed by atoms with van der Waals surface area (Å²) in [6.45, 7) is 4.79. The fraction of sp³-hybridized carbons (Fsp3) is 0.385. The van der Waals surface area contributed by atoms with Gasteiger partial charge < -0.3 is 10.6 Å². The second-order valence-corrected chi connectivity index (χ2v) is 5.35. The molecule has 0 fully saturated rings. The van der Waals surface area contributed by atoms with Crippen molar-refractivity contribution in [2.24, 2.45) is 0 Å². The number of hydrogen-bond acceptors (Lipinski definition) is 5. The summed E-state index contributed by atoms with van der Waals surface area (Å²) in [6.07, 6.45) is 0.833. The van der Waals surface area contributed by atoms with Crippen molar-refractivity contribution in [2.45, 2.75) is 26.8 Å². The Morgan fingerprint density at radius 3 is 2.45 bits per heavy atom. The molecule has 0 saturated carbocycles. The molecule has 0 aromatic carbocycles. The van der Waals surface area contributed by atoms with Crippen LogP contribution < -0.4 is 10.6 Å². The molecule has 0 radical (unpaired) electrons. The molecule has 0 spiro atoms. The molecule has 0 atom stereocenters. The van der Waals surface area contributed by atoms with Crippen molar-refractivity contribution in [3.05, 3.63) is 33.8 Å². The molecule has 108 valence electrons. The average Bonchev–Trinajstić information content (AvgIpc) is 2.82. The predicted octanol–water partition coefficient (Wildman–Crippen LogP) is 3.56. The van der Waals surface area contributed by atoms with Crippen LogP contribution in [0.2, 0.25) is 0 Å². The monoisotopic (exact) mass is 298 g/mol. The molecule has 2 N–H and O–H groups in total. The lowest BCUT2D eigenvalue weighted by Gasteiger charge is -2.10. The van der Waals surface area contributed by atoms with Crippen LogP contribution in [0.5, 0.6) is 0 Å². The lowest BCUT2D eigenvalue weighted by atomic mass is 10.3. The molecule has 4 nitrogen and oxygen atoms in total. The highest BCUT2D eigenvalue weighted by Gasteiger charge is 2.11. The Hall–Kier alpha value is -1.76. The minimum Gasteiger partial charge on any atom is -0.368 e. The summed E-state index contributed by atoms with van der Waals surface area (Å²) in [5.41, 5.74) is 0.807. The molecule has 0 aliphatic carbocycles. The number of hydrogen-bond donors (Lipinski definition) is 2. The first-order valence-corrected chi connectivity index (χ1v) is 7.23. The maximum absolute atomic E-state index is 13.6. The van der Waals surface area contributed by atoms with Gasteiger partial charge in [-0.15, -0.1) is 11.3 Å². The predicted molar refractivity (Wildman–Crippen MR) is 77.1 cm³/mol. The van der Waals surface area contributed by atoms with Crippen LogP contribution in [0.4, 0.5) is 20.4 Å². The maximum atomic E-state index is 13.6. The van der Waals surface area contributed by atoms with Gasteiger partial charge in [-0.25, -0.2) is 18.7 Å². The van der Waals surface area contributed by atoms with Gasteiger partial charge in [-0.3, -0.25) is 0 Å². The first-order chi connectivity index (χ1) is 9.60. The van der Waals surface area contributed by atoms with Crippen molar-refractivity contribution in [1.82, 2.24) is 9.97 Å². The molecule has 20 heavy (non-hydrogen) atoms. The van der Waals surface area contributed by atoms with Gasteiger partial charge in [-0.1, -0.05) is 6.92 Å². The molecular weight excluding hydrogens is 282 g/mol. The summed E-state index contributed by atoms with van der Waals surface area (Å²) >= 11 is 1.52. The zero-order valence-electron chi connectivity index (χ0n) is 11.3. The molecule has 0 aliphatic heterocycles. The number of rotatable bonds is 6. The first-order valence-electron chi connectivity index (χ1n) is 6.35. The summed E-state index contributed by atoms with van der Waals surface area (Å²) in [4.78, 5) is 8.20. The molecule has 2 heterocycles. The highest BCUT2D eigenvalue weighted by molar-refractivity contribution is 7.09. The quantitative estimate of drug-likeness (QED) is 0.856. The molecule has 2 aromatic heterocycles. The van der Waals surface area contributed by atoms with Crippen LogP contribution in [0.25, 0.3) is 0 Å². The number of thiazole rings is 1. The fourth-order valence-corrected chi connectivity index (χ4v) is 2.23. The summed E-state index contributed by atoms with van der Waals surface area (Å²) in [5, 5.41) is 8.50. The van der Waals surface area contributed by atoms with Crippen molar-refractivity contribution in [3.63, 3.8) is 0 Å². The topological polar surface area (TPSA) is 49.8 Å². The minimum absolute atomic E-state index is 0.0238. The summed E-state index contributed by atoms with van der Waals surface area (Å²) in [6, 6.07) is 0.833. The fourth-order valence-electron chi connectivity index (χ4n) is 1.62. The second-order valence-electron chi connectivity index (χ2n) is 4.29. The molecule has 0 bridgehead atoms. The highest BCUT2D eigenvalue weighted by Crippen LogP contribution is 2.20. The normalized spacial score (nSPS) is 10.6. The van der Waals surface area contributed by atoms with Crippen LogP contribution >= 0.6 is 11.3 Å². The Bertz CT molecular complexity index is 586. The Morgan fingerprint density at radius 1 is 1.15 bits per heavy atom. The summed E-state index contributed by atoms with van der Waals surface area (Å²) < 4.78 is 27.2. The van der Waals surface area contributed by atoms with E-state index in [2.05, 4.69) is 20.6 Å². The van der Waals surface area contributed by atoms with Gasteiger partial charge >= 0.3 is 0 Å². The number of anilines is 2. The second kappa shape index (κ2) is 6.60. The van der Waals surface area contributed by atoms with Crippen LogP contribution in [0.15, 0.2) is 11.4 Å². The summed E-state index contributed by atoms with van der Waals surface area (Å²) in [7, 11) is 0. The zero-order valence-corrected chi connectivity index (χ0v) is 12.2. The van der Waals surface area contributed by atoms with Crippen molar-refractivity contribution in [1.29, 1.82) is 0 Å². The van der Waals surface area contributed by atoms with E-state index in [4.69, 9.17) is 0 Å².